The van der Waals surface area contributed by atoms with Crippen LogP contribution in [-0.4, -0.2) is 18.4 Å². The quantitative estimate of drug-likeness (QED) is 0.854. The zero-order valence-electron chi connectivity index (χ0n) is 12.0. The van der Waals surface area contributed by atoms with E-state index in [0.29, 0.717) is 5.92 Å². The molecule has 4 heteroatoms. The van der Waals surface area contributed by atoms with Gasteiger partial charge in [0.05, 0.1) is 5.56 Å². The molecular weight excluding hydrogens is 260 g/mol. The summed E-state index contributed by atoms with van der Waals surface area (Å²) >= 11 is 0. The summed E-state index contributed by atoms with van der Waals surface area (Å²) in [6.45, 7) is 4.52. The third kappa shape index (κ3) is 3.42. The number of aryl methyl sites for hydroxylation is 1. The van der Waals surface area contributed by atoms with Crippen molar-refractivity contribution in [3.05, 3.63) is 34.9 Å². The van der Waals surface area contributed by atoms with Crippen molar-refractivity contribution in [3.8, 4) is 0 Å². The second-order valence-electron chi connectivity index (χ2n) is 5.66. The van der Waals surface area contributed by atoms with Gasteiger partial charge in [-0.1, -0.05) is 13.3 Å². The molecule has 0 saturated carbocycles. The third-order valence-corrected chi connectivity index (χ3v) is 4.16. The molecule has 2 nitrogen and oxygen atoms in total. The van der Waals surface area contributed by atoms with Crippen LogP contribution in [0.2, 0.25) is 0 Å². The molecule has 0 amide bonds. The molecule has 0 bridgehead atoms. The molecule has 1 aliphatic rings. The van der Waals surface area contributed by atoms with Gasteiger partial charge in [-0.05, 0) is 49.9 Å². The van der Waals surface area contributed by atoms with E-state index in [-0.39, 0.29) is 29.4 Å². The fourth-order valence-electron chi connectivity index (χ4n) is 2.82. The van der Waals surface area contributed by atoms with Gasteiger partial charge in [0.15, 0.2) is 5.78 Å². The Hall–Kier alpha value is -1.29. The summed E-state index contributed by atoms with van der Waals surface area (Å²) < 4.78 is 27.3. The first-order valence-electron chi connectivity index (χ1n) is 7.23. The molecule has 1 saturated heterocycles. The Bertz CT molecular complexity index is 501. The van der Waals surface area contributed by atoms with E-state index in [1.165, 1.54) is 6.92 Å². The van der Waals surface area contributed by atoms with Crippen molar-refractivity contribution in [2.24, 2.45) is 5.92 Å². The number of ketones is 1. The first kappa shape index (κ1) is 15.1. The van der Waals surface area contributed by atoms with Crippen LogP contribution >= 0.6 is 0 Å². The fourth-order valence-corrected chi connectivity index (χ4v) is 2.82. The number of piperidine rings is 1. The van der Waals surface area contributed by atoms with Crippen molar-refractivity contribution in [2.75, 3.05) is 6.54 Å². The fraction of sp³-hybridized carbons (Fsp3) is 0.562. The maximum Gasteiger partial charge on any atom is 0.167 e. The minimum Gasteiger partial charge on any atom is -0.314 e. The Morgan fingerprint density at radius 3 is 2.80 bits per heavy atom. The number of Topliss-reactive ketones (excluding diaryl/α,β-unsaturated/α-hetero) is 1. The molecule has 0 spiro atoms. The Balaban J connectivity index is 2.06. The molecule has 0 aromatic heterocycles. The van der Waals surface area contributed by atoms with E-state index in [9.17, 15) is 13.6 Å². The smallest absolute Gasteiger partial charge is 0.167 e. The number of rotatable bonds is 4. The molecule has 1 heterocycles. The average Bonchev–Trinajstić information content (AvgIpc) is 2.43. The Morgan fingerprint density at radius 2 is 2.10 bits per heavy atom. The van der Waals surface area contributed by atoms with E-state index in [1.807, 2.05) is 0 Å². The predicted octanol–water partition coefficient (Wildman–Crippen LogP) is 3.62. The normalized spacial score (nSPS) is 22.8. The van der Waals surface area contributed by atoms with Gasteiger partial charge in [-0.15, -0.1) is 0 Å². The van der Waals surface area contributed by atoms with Crippen LogP contribution in [-0.2, 0) is 0 Å². The summed E-state index contributed by atoms with van der Waals surface area (Å²) in [5.41, 5.74) is 0.0920. The molecule has 1 aromatic carbocycles. The van der Waals surface area contributed by atoms with Gasteiger partial charge in [0.1, 0.15) is 11.6 Å². The van der Waals surface area contributed by atoms with Crippen LogP contribution in [0.15, 0.2) is 12.1 Å². The van der Waals surface area contributed by atoms with E-state index in [0.717, 1.165) is 37.9 Å². The van der Waals surface area contributed by atoms with E-state index >= 15 is 0 Å². The highest BCUT2D eigenvalue weighted by molar-refractivity contribution is 5.96. The summed E-state index contributed by atoms with van der Waals surface area (Å²) in [5, 5.41) is 3.29. The Labute approximate surface area is 118 Å². The first-order chi connectivity index (χ1) is 9.51. The molecule has 1 aliphatic heterocycles. The van der Waals surface area contributed by atoms with Crippen molar-refractivity contribution < 1.29 is 13.6 Å². The number of nitrogens with one attached hydrogen (secondary N) is 1. The summed E-state index contributed by atoms with van der Waals surface area (Å²) in [6.07, 6.45) is 3.38. The van der Waals surface area contributed by atoms with Gasteiger partial charge in [0, 0.05) is 12.5 Å². The molecule has 2 rings (SSSR count). The van der Waals surface area contributed by atoms with E-state index in [1.54, 1.807) is 0 Å². The van der Waals surface area contributed by atoms with Gasteiger partial charge < -0.3 is 5.32 Å². The predicted molar refractivity (Wildman–Crippen MR) is 74.8 cm³/mol. The lowest BCUT2D eigenvalue weighted by molar-refractivity contribution is 0.0952. The van der Waals surface area contributed by atoms with Crippen LogP contribution in [0.4, 0.5) is 8.78 Å². The molecule has 0 radical (unpaired) electrons. The number of hydrogen-bond acceptors (Lipinski definition) is 2. The van der Waals surface area contributed by atoms with Crippen molar-refractivity contribution in [1.82, 2.24) is 5.32 Å². The zero-order valence-corrected chi connectivity index (χ0v) is 12.0. The molecule has 110 valence electrons. The lowest BCUT2D eigenvalue weighted by atomic mass is 9.87. The SMILES string of the molecule is CCC1CCNC(CC(=O)c2cc(F)c(C)cc2F)C1. The first-order valence-corrected chi connectivity index (χ1v) is 7.23. The van der Waals surface area contributed by atoms with E-state index in [4.69, 9.17) is 0 Å². The van der Waals surface area contributed by atoms with Crippen LogP contribution in [0, 0.1) is 24.5 Å². The molecule has 1 fully saturated rings. The summed E-state index contributed by atoms with van der Waals surface area (Å²) in [6, 6.07) is 2.18. The van der Waals surface area contributed by atoms with Crippen LogP contribution in [0.1, 0.15) is 48.5 Å². The number of benzene rings is 1. The average molecular weight is 281 g/mol. The van der Waals surface area contributed by atoms with Crippen molar-refractivity contribution in [1.29, 1.82) is 0 Å². The van der Waals surface area contributed by atoms with E-state index < -0.39 is 11.6 Å². The minimum absolute atomic E-state index is 0.0740. The number of halogens is 2. The maximum atomic E-state index is 13.8. The topological polar surface area (TPSA) is 29.1 Å². The summed E-state index contributed by atoms with van der Waals surface area (Å²) in [5.74, 6) is -0.862. The Morgan fingerprint density at radius 1 is 1.35 bits per heavy atom. The van der Waals surface area contributed by atoms with Crippen LogP contribution in [0.25, 0.3) is 0 Å². The number of carbonyl (C=O) groups excluding carboxylic acids is 1. The summed E-state index contributed by atoms with van der Waals surface area (Å²) in [7, 11) is 0. The van der Waals surface area contributed by atoms with Gasteiger partial charge in [-0.2, -0.15) is 0 Å². The third-order valence-electron chi connectivity index (χ3n) is 4.16. The summed E-state index contributed by atoms with van der Waals surface area (Å²) in [4.78, 5) is 12.1. The maximum absolute atomic E-state index is 13.8. The van der Waals surface area contributed by atoms with Gasteiger partial charge in [0.2, 0.25) is 0 Å². The van der Waals surface area contributed by atoms with Crippen LogP contribution in [0.5, 0.6) is 0 Å². The number of hydrogen-bond donors (Lipinski definition) is 1. The monoisotopic (exact) mass is 281 g/mol. The lowest BCUT2D eigenvalue weighted by Gasteiger charge is -2.29. The molecule has 1 N–H and O–H groups in total. The Kier molecular flexibility index (Phi) is 4.86. The van der Waals surface area contributed by atoms with Crippen molar-refractivity contribution >= 4 is 5.78 Å². The zero-order chi connectivity index (χ0) is 14.7. The van der Waals surface area contributed by atoms with Crippen LogP contribution < -0.4 is 5.32 Å². The molecule has 2 atom stereocenters. The van der Waals surface area contributed by atoms with Gasteiger partial charge in [-0.25, -0.2) is 8.78 Å². The molecule has 0 aliphatic carbocycles. The van der Waals surface area contributed by atoms with Crippen molar-refractivity contribution in [3.63, 3.8) is 0 Å². The largest absolute Gasteiger partial charge is 0.314 e. The van der Waals surface area contributed by atoms with Gasteiger partial charge >= 0.3 is 0 Å². The highest BCUT2D eigenvalue weighted by Crippen LogP contribution is 2.23. The molecule has 2 unspecified atom stereocenters. The standard InChI is InChI=1S/C16H21F2NO/c1-3-11-4-5-19-12(7-11)8-16(20)13-9-14(17)10(2)6-15(13)18/h6,9,11-12,19H,3-5,7-8H2,1-2H3. The highest BCUT2D eigenvalue weighted by atomic mass is 19.1. The molecule has 20 heavy (non-hydrogen) atoms. The molecule has 1 aromatic rings. The van der Waals surface area contributed by atoms with Gasteiger partial charge in [0.25, 0.3) is 0 Å². The van der Waals surface area contributed by atoms with Crippen LogP contribution in [0.3, 0.4) is 0 Å². The van der Waals surface area contributed by atoms with Gasteiger partial charge in [-0.3, -0.25) is 4.79 Å². The highest BCUT2D eigenvalue weighted by Gasteiger charge is 2.24. The lowest BCUT2D eigenvalue weighted by Crippen LogP contribution is -2.39. The second kappa shape index (κ2) is 6.44. The second-order valence-corrected chi connectivity index (χ2v) is 5.66. The van der Waals surface area contributed by atoms with E-state index in [2.05, 4.69) is 12.2 Å². The number of carbonyl (C=O) groups is 1. The molecular formula is C16H21F2NO. The minimum atomic E-state index is -0.628. The van der Waals surface area contributed by atoms with Crippen molar-refractivity contribution in [2.45, 2.75) is 45.6 Å².